The zero-order valence-electron chi connectivity index (χ0n) is 16.6. The molecule has 1 fully saturated rings. The Morgan fingerprint density at radius 1 is 1.10 bits per heavy atom. The van der Waals surface area contributed by atoms with Gasteiger partial charge in [0.1, 0.15) is 11.9 Å². The van der Waals surface area contributed by atoms with E-state index in [0.29, 0.717) is 0 Å². The van der Waals surface area contributed by atoms with Gasteiger partial charge in [0.15, 0.2) is 0 Å². The lowest BCUT2D eigenvalue weighted by atomic mass is 9.83. The minimum atomic E-state index is -0.170. The Hall–Kier alpha value is -3.08. The van der Waals surface area contributed by atoms with Crippen LogP contribution < -0.4 is 0 Å². The molecule has 5 heteroatoms. The number of benzene rings is 2. The molecule has 0 radical (unpaired) electrons. The molecule has 1 N–H and O–H groups in total. The highest BCUT2D eigenvalue weighted by molar-refractivity contribution is 5.87. The minimum absolute atomic E-state index is 0.170. The maximum atomic E-state index is 13.4. The summed E-state index contributed by atoms with van der Waals surface area (Å²) in [5.74, 6) is 1.40. The van der Waals surface area contributed by atoms with Gasteiger partial charge >= 0.3 is 0 Å². The van der Waals surface area contributed by atoms with Crippen molar-refractivity contribution >= 4 is 27.8 Å². The van der Waals surface area contributed by atoms with Crippen molar-refractivity contribution in [3.8, 4) is 0 Å². The summed E-state index contributed by atoms with van der Waals surface area (Å²) in [6.07, 6.45) is 4.09. The summed E-state index contributed by atoms with van der Waals surface area (Å²) in [5.41, 5.74) is 5.67. The molecule has 0 saturated heterocycles. The molecule has 3 heterocycles. The predicted molar refractivity (Wildman–Crippen MR) is 114 cm³/mol. The molecular weight excluding hydrogens is 360 g/mol. The van der Waals surface area contributed by atoms with Gasteiger partial charge < -0.3 is 14.5 Å². The molecule has 29 heavy (non-hydrogen) atoms. The van der Waals surface area contributed by atoms with Crippen LogP contribution in [0.1, 0.15) is 42.4 Å². The third-order valence-corrected chi connectivity index (χ3v) is 6.84. The topological polar surface area (TPSA) is 53.9 Å². The molecule has 6 rings (SSSR count). The molecule has 0 spiro atoms. The fraction of sp³-hybridized carbons (Fsp3) is 0.333. The average molecular weight is 384 g/mol. The third kappa shape index (κ3) is 2.40. The van der Waals surface area contributed by atoms with Gasteiger partial charge in [-0.25, -0.2) is 4.98 Å². The van der Waals surface area contributed by atoms with Crippen molar-refractivity contribution in [3.63, 3.8) is 0 Å². The first-order valence-corrected chi connectivity index (χ1v) is 10.5. The average Bonchev–Trinajstić information content (AvgIpc) is 3.24. The van der Waals surface area contributed by atoms with Crippen molar-refractivity contribution in [1.82, 2.24) is 19.4 Å². The Balaban J connectivity index is 1.57. The molecule has 1 saturated carbocycles. The van der Waals surface area contributed by atoms with Crippen LogP contribution in [0.4, 0.5) is 0 Å². The van der Waals surface area contributed by atoms with Gasteiger partial charge in [0.05, 0.1) is 16.7 Å². The number of H-pyrrole nitrogens is 1. The molecule has 1 aliphatic heterocycles. The van der Waals surface area contributed by atoms with Crippen LogP contribution in [-0.4, -0.2) is 31.9 Å². The van der Waals surface area contributed by atoms with E-state index in [2.05, 4.69) is 51.8 Å². The highest BCUT2D eigenvalue weighted by Gasteiger charge is 2.40. The second-order valence-corrected chi connectivity index (χ2v) is 8.39. The molecule has 1 atom stereocenters. The molecule has 5 nitrogen and oxygen atoms in total. The number of fused-ring (bicyclic) bond motifs is 4. The molecule has 146 valence electrons. The van der Waals surface area contributed by atoms with Crippen LogP contribution >= 0.6 is 0 Å². The van der Waals surface area contributed by atoms with Gasteiger partial charge in [-0.3, -0.25) is 4.79 Å². The van der Waals surface area contributed by atoms with E-state index in [9.17, 15) is 4.79 Å². The fourth-order valence-corrected chi connectivity index (χ4v) is 5.05. The smallest absolute Gasteiger partial charge is 0.226 e. The largest absolute Gasteiger partial charge is 0.356 e. The molecule has 4 aromatic rings. The number of para-hydroxylation sites is 3. The number of aromatic amines is 1. The van der Waals surface area contributed by atoms with Gasteiger partial charge in [-0.05, 0) is 43.0 Å². The normalized spacial score (nSPS) is 19.5. The lowest BCUT2D eigenvalue weighted by Gasteiger charge is -2.39. The van der Waals surface area contributed by atoms with E-state index in [0.717, 1.165) is 53.9 Å². The summed E-state index contributed by atoms with van der Waals surface area (Å²) in [7, 11) is 2.06. The molecule has 1 aliphatic carbocycles. The molecule has 2 aromatic carbocycles. The number of imidazole rings is 1. The van der Waals surface area contributed by atoms with Crippen molar-refractivity contribution in [2.75, 3.05) is 6.54 Å². The van der Waals surface area contributed by atoms with Crippen LogP contribution in [0.15, 0.2) is 48.5 Å². The highest BCUT2D eigenvalue weighted by Crippen LogP contribution is 2.41. The van der Waals surface area contributed by atoms with Gasteiger partial charge in [-0.1, -0.05) is 36.8 Å². The molecule has 1 unspecified atom stereocenters. The standard InChI is InChI=1S/C24H24N4O/c1-27-20-12-5-4-11-19(20)26-23(27)22-21-17(16-9-2-3-10-18(16)25-21)13-14-28(22)24(29)15-7-6-8-15/h2-5,9-12,15,22,25H,6-8,13-14H2,1H3. The van der Waals surface area contributed by atoms with E-state index in [1.165, 1.54) is 17.4 Å². The first-order chi connectivity index (χ1) is 14.2. The van der Waals surface area contributed by atoms with Crippen molar-refractivity contribution in [1.29, 1.82) is 0 Å². The van der Waals surface area contributed by atoms with Crippen molar-refractivity contribution in [2.45, 2.75) is 31.7 Å². The van der Waals surface area contributed by atoms with Gasteiger partial charge in [0.2, 0.25) is 5.91 Å². The van der Waals surface area contributed by atoms with Crippen molar-refractivity contribution in [3.05, 3.63) is 65.6 Å². The van der Waals surface area contributed by atoms with E-state index in [4.69, 9.17) is 4.98 Å². The summed E-state index contributed by atoms with van der Waals surface area (Å²) in [4.78, 5) is 24.1. The Morgan fingerprint density at radius 2 is 1.90 bits per heavy atom. The quantitative estimate of drug-likeness (QED) is 0.559. The Kier molecular flexibility index (Phi) is 3.60. The highest BCUT2D eigenvalue weighted by atomic mass is 16.2. The number of carbonyl (C=O) groups is 1. The van der Waals surface area contributed by atoms with Gasteiger partial charge in [0.25, 0.3) is 0 Å². The summed E-state index contributed by atoms with van der Waals surface area (Å²) in [6, 6.07) is 16.5. The van der Waals surface area contributed by atoms with Crippen LogP contribution in [-0.2, 0) is 18.3 Å². The second-order valence-electron chi connectivity index (χ2n) is 8.39. The van der Waals surface area contributed by atoms with E-state index in [-0.39, 0.29) is 17.9 Å². The van der Waals surface area contributed by atoms with Crippen LogP contribution in [0.3, 0.4) is 0 Å². The Bertz CT molecular complexity index is 1250. The van der Waals surface area contributed by atoms with Crippen LogP contribution in [0.2, 0.25) is 0 Å². The van der Waals surface area contributed by atoms with Crippen molar-refractivity contribution in [2.24, 2.45) is 13.0 Å². The molecular formula is C24H24N4O. The van der Waals surface area contributed by atoms with Gasteiger partial charge in [-0.2, -0.15) is 0 Å². The Labute approximate surface area is 169 Å². The van der Waals surface area contributed by atoms with E-state index < -0.39 is 0 Å². The SMILES string of the molecule is Cn1c(C2c3[nH]c4ccccc4c3CCN2C(=O)C2CCC2)nc2ccccc21. The first kappa shape index (κ1) is 16.8. The number of hydrogen-bond donors (Lipinski definition) is 1. The van der Waals surface area contributed by atoms with E-state index in [1.54, 1.807) is 0 Å². The number of carbonyl (C=O) groups excluding carboxylic acids is 1. The summed E-state index contributed by atoms with van der Waals surface area (Å²) in [6.45, 7) is 0.748. The van der Waals surface area contributed by atoms with Crippen LogP contribution in [0.25, 0.3) is 21.9 Å². The lowest BCUT2D eigenvalue weighted by Crippen LogP contribution is -2.45. The zero-order valence-corrected chi connectivity index (χ0v) is 16.6. The molecule has 2 aliphatic rings. The summed E-state index contributed by atoms with van der Waals surface area (Å²) in [5, 5.41) is 1.27. The van der Waals surface area contributed by atoms with Crippen LogP contribution in [0, 0.1) is 5.92 Å². The maximum Gasteiger partial charge on any atom is 0.226 e. The maximum absolute atomic E-state index is 13.4. The fourth-order valence-electron chi connectivity index (χ4n) is 5.05. The second kappa shape index (κ2) is 6.21. The third-order valence-electron chi connectivity index (χ3n) is 6.84. The summed E-state index contributed by atoms with van der Waals surface area (Å²) >= 11 is 0. The number of aryl methyl sites for hydroxylation is 1. The monoisotopic (exact) mass is 384 g/mol. The first-order valence-electron chi connectivity index (χ1n) is 10.5. The zero-order chi connectivity index (χ0) is 19.5. The van der Waals surface area contributed by atoms with Gasteiger partial charge in [0, 0.05) is 30.4 Å². The summed E-state index contributed by atoms with van der Waals surface area (Å²) < 4.78 is 2.15. The van der Waals surface area contributed by atoms with Gasteiger partial charge in [-0.15, -0.1) is 0 Å². The molecule has 2 aromatic heterocycles. The number of nitrogens with zero attached hydrogens (tertiary/aromatic N) is 3. The Morgan fingerprint density at radius 3 is 2.69 bits per heavy atom. The molecule has 0 bridgehead atoms. The minimum Gasteiger partial charge on any atom is -0.356 e. The predicted octanol–water partition coefficient (Wildman–Crippen LogP) is 4.33. The van der Waals surface area contributed by atoms with E-state index >= 15 is 0 Å². The van der Waals surface area contributed by atoms with Crippen molar-refractivity contribution < 1.29 is 4.79 Å². The number of hydrogen-bond acceptors (Lipinski definition) is 2. The number of aromatic nitrogens is 3. The number of nitrogens with one attached hydrogen (secondary N) is 1. The molecule has 1 amide bonds. The van der Waals surface area contributed by atoms with E-state index in [1.807, 2.05) is 18.2 Å². The number of amides is 1. The number of rotatable bonds is 2. The van der Waals surface area contributed by atoms with Crippen LogP contribution in [0.5, 0.6) is 0 Å². The lowest BCUT2D eigenvalue weighted by molar-refractivity contribution is -0.140.